The van der Waals surface area contributed by atoms with Gasteiger partial charge in [0.15, 0.2) is 0 Å². The SMILES string of the molecule is OC(CCCl)(c1ccccc1)C1CCCCCN1. The fraction of sp³-hybridized carbons (Fsp3) is 0.600. The first kappa shape index (κ1) is 13.9. The minimum absolute atomic E-state index is 0.112. The van der Waals surface area contributed by atoms with Crippen molar-refractivity contribution in [3.05, 3.63) is 35.9 Å². The zero-order valence-corrected chi connectivity index (χ0v) is 11.5. The van der Waals surface area contributed by atoms with Crippen LogP contribution in [0.3, 0.4) is 0 Å². The summed E-state index contributed by atoms with van der Waals surface area (Å²) in [6, 6.07) is 10.0. The van der Waals surface area contributed by atoms with Gasteiger partial charge in [-0.15, -0.1) is 11.6 Å². The molecule has 2 rings (SSSR count). The maximum atomic E-state index is 11.1. The summed E-state index contributed by atoms with van der Waals surface area (Å²) in [6.07, 6.45) is 5.23. The molecule has 100 valence electrons. The van der Waals surface area contributed by atoms with Crippen molar-refractivity contribution in [1.29, 1.82) is 0 Å². The summed E-state index contributed by atoms with van der Waals surface area (Å²) in [4.78, 5) is 0. The van der Waals surface area contributed by atoms with Crippen LogP contribution in [0.15, 0.2) is 30.3 Å². The third-order valence-electron chi connectivity index (χ3n) is 3.89. The summed E-state index contributed by atoms with van der Waals surface area (Å²) in [5.41, 5.74) is 0.137. The molecule has 18 heavy (non-hydrogen) atoms. The van der Waals surface area contributed by atoms with Crippen LogP contribution in [0.2, 0.25) is 0 Å². The molecule has 3 heteroatoms. The van der Waals surface area contributed by atoms with Crippen LogP contribution in [0.5, 0.6) is 0 Å². The Morgan fingerprint density at radius 2 is 2.00 bits per heavy atom. The van der Waals surface area contributed by atoms with E-state index in [1.54, 1.807) is 0 Å². The van der Waals surface area contributed by atoms with Crippen LogP contribution in [0.1, 0.15) is 37.7 Å². The lowest BCUT2D eigenvalue weighted by atomic mass is 9.82. The average molecular weight is 268 g/mol. The highest BCUT2D eigenvalue weighted by molar-refractivity contribution is 6.17. The Morgan fingerprint density at radius 1 is 1.22 bits per heavy atom. The molecule has 0 spiro atoms. The summed E-state index contributed by atoms with van der Waals surface area (Å²) in [5.74, 6) is 0.476. The molecule has 1 aliphatic heterocycles. The number of hydrogen-bond donors (Lipinski definition) is 2. The van der Waals surface area contributed by atoms with Gasteiger partial charge in [0.05, 0.1) is 0 Å². The van der Waals surface area contributed by atoms with Gasteiger partial charge < -0.3 is 10.4 Å². The first-order chi connectivity index (χ1) is 8.77. The van der Waals surface area contributed by atoms with Gasteiger partial charge in [-0.2, -0.15) is 0 Å². The van der Waals surface area contributed by atoms with Gasteiger partial charge in [-0.3, -0.25) is 0 Å². The molecule has 1 aromatic carbocycles. The molecule has 2 N–H and O–H groups in total. The molecule has 0 amide bonds. The lowest BCUT2D eigenvalue weighted by Crippen LogP contribution is -2.48. The molecule has 2 unspecified atom stereocenters. The predicted molar refractivity (Wildman–Crippen MR) is 75.9 cm³/mol. The lowest BCUT2D eigenvalue weighted by Gasteiger charge is -2.36. The second-order valence-corrected chi connectivity index (χ2v) is 5.46. The largest absolute Gasteiger partial charge is 0.383 e. The van der Waals surface area contributed by atoms with Crippen molar-refractivity contribution in [3.63, 3.8) is 0 Å². The second-order valence-electron chi connectivity index (χ2n) is 5.09. The number of hydrogen-bond acceptors (Lipinski definition) is 2. The van der Waals surface area contributed by atoms with E-state index < -0.39 is 5.60 Å². The fourth-order valence-electron chi connectivity index (χ4n) is 2.83. The molecular formula is C15H22ClNO. The molecule has 1 heterocycles. The van der Waals surface area contributed by atoms with Crippen LogP contribution in [-0.4, -0.2) is 23.6 Å². The number of halogens is 1. The Labute approximate surface area is 114 Å². The minimum Gasteiger partial charge on any atom is -0.383 e. The summed E-state index contributed by atoms with van der Waals surface area (Å²) < 4.78 is 0. The van der Waals surface area contributed by atoms with E-state index in [2.05, 4.69) is 5.32 Å². The van der Waals surface area contributed by atoms with E-state index in [-0.39, 0.29) is 6.04 Å². The highest BCUT2D eigenvalue weighted by Crippen LogP contribution is 2.32. The van der Waals surface area contributed by atoms with Crippen molar-refractivity contribution < 1.29 is 5.11 Å². The molecule has 1 aromatic rings. The molecule has 0 bridgehead atoms. The van der Waals surface area contributed by atoms with Gasteiger partial charge in [-0.25, -0.2) is 0 Å². The van der Waals surface area contributed by atoms with Gasteiger partial charge in [0, 0.05) is 11.9 Å². The van der Waals surface area contributed by atoms with Gasteiger partial charge in [0.25, 0.3) is 0 Å². The van der Waals surface area contributed by atoms with Crippen molar-refractivity contribution >= 4 is 11.6 Å². The predicted octanol–water partition coefficient (Wildman–Crippen LogP) is 3.04. The highest BCUT2D eigenvalue weighted by Gasteiger charge is 2.37. The molecule has 1 saturated heterocycles. The van der Waals surface area contributed by atoms with E-state index in [9.17, 15) is 5.11 Å². The summed E-state index contributed by atoms with van der Waals surface area (Å²) >= 11 is 5.91. The zero-order chi connectivity index (χ0) is 12.8. The Kier molecular flexibility index (Phi) is 5.04. The molecular weight excluding hydrogens is 246 g/mol. The van der Waals surface area contributed by atoms with Crippen molar-refractivity contribution in [2.45, 2.75) is 43.7 Å². The van der Waals surface area contributed by atoms with Gasteiger partial charge in [0.1, 0.15) is 5.60 Å². The van der Waals surface area contributed by atoms with Crippen LogP contribution in [-0.2, 0) is 5.60 Å². The van der Waals surface area contributed by atoms with E-state index in [0.29, 0.717) is 12.3 Å². The quantitative estimate of drug-likeness (QED) is 0.822. The molecule has 2 nitrogen and oxygen atoms in total. The van der Waals surface area contributed by atoms with Crippen LogP contribution in [0.4, 0.5) is 0 Å². The molecule has 0 saturated carbocycles. The third kappa shape index (κ3) is 3.05. The number of alkyl halides is 1. The fourth-order valence-corrected chi connectivity index (χ4v) is 3.11. The Hall–Kier alpha value is -0.570. The maximum absolute atomic E-state index is 11.1. The van der Waals surface area contributed by atoms with Gasteiger partial charge in [0.2, 0.25) is 0 Å². The molecule has 0 aromatic heterocycles. The third-order valence-corrected chi connectivity index (χ3v) is 4.08. The summed E-state index contributed by atoms with van der Waals surface area (Å²) in [5, 5.41) is 14.6. The number of nitrogens with one attached hydrogen (secondary N) is 1. The smallest absolute Gasteiger partial charge is 0.106 e. The van der Waals surface area contributed by atoms with Crippen LogP contribution in [0.25, 0.3) is 0 Å². The number of rotatable bonds is 4. The van der Waals surface area contributed by atoms with Gasteiger partial charge >= 0.3 is 0 Å². The standard InChI is InChI=1S/C15H22ClNO/c16-11-10-15(18,13-7-3-1-4-8-13)14-9-5-2-6-12-17-14/h1,3-4,7-8,14,17-18H,2,5-6,9-12H2. The van der Waals surface area contributed by atoms with Crippen molar-refractivity contribution in [1.82, 2.24) is 5.32 Å². The van der Waals surface area contributed by atoms with Crippen LogP contribution < -0.4 is 5.32 Å². The van der Waals surface area contributed by atoms with Gasteiger partial charge in [-0.1, -0.05) is 43.2 Å². The first-order valence-corrected chi connectivity index (χ1v) is 7.38. The van der Waals surface area contributed by atoms with E-state index >= 15 is 0 Å². The molecule has 1 aliphatic rings. The maximum Gasteiger partial charge on any atom is 0.106 e. The topological polar surface area (TPSA) is 32.3 Å². The van der Waals surface area contributed by atoms with Crippen LogP contribution >= 0.6 is 11.6 Å². The van der Waals surface area contributed by atoms with Gasteiger partial charge in [-0.05, 0) is 31.4 Å². The molecule has 0 radical (unpaired) electrons. The van der Waals surface area contributed by atoms with Crippen molar-refractivity contribution in [2.75, 3.05) is 12.4 Å². The first-order valence-electron chi connectivity index (χ1n) is 6.84. The molecule has 2 atom stereocenters. The summed E-state index contributed by atoms with van der Waals surface area (Å²) in [7, 11) is 0. The van der Waals surface area contributed by atoms with E-state index in [4.69, 9.17) is 11.6 Å². The Balaban J connectivity index is 2.24. The number of aliphatic hydroxyl groups is 1. The normalized spacial score (nSPS) is 24.2. The second kappa shape index (κ2) is 6.55. The average Bonchev–Trinajstić information content (AvgIpc) is 2.69. The lowest BCUT2D eigenvalue weighted by molar-refractivity contribution is -0.00795. The monoisotopic (exact) mass is 267 g/mol. The molecule has 0 aliphatic carbocycles. The highest BCUT2D eigenvalue weighted by atomic mass is 35.5. The minimum atomic E-state index is -0.840. The van der Waals surface area contributed by atoms with Crippen molar-refractivity contribution in [3.8, 4) is 0 Å². The van der Waals surface area contributed by atoms with E-state index in [1.807, 2.05) is 30.3 Å². The van der Waals surface area contributed by atoms with E-state index in [1.165, 1.54) is 19.3 Å². The van der Waals surface area contributed by atoms with E-state index in [0.717, 1.165) is 18.5 Å². The summed E-state index contributed by atoms with van der Waals surface area (Å²) in [6.45, 7) is 0.988. The Bertz CT molecular complexity index is 349. The van der Waals surface area contributed by atoms with Crippen LogP contribution in [0, 0.1) is 0 Å². The Morgan fingerprint density at radius 3 is 2.72 bits per heavy atom. The zero-order valence-electron chi connectivity index (χ0n) is 10.7. The number of benzene rings is 1. The van der Waals surface area contributed by atoms with Crippen molar-refractivity contribution in [2.24, 2.45) is 0 Å². The molecule has 1 fully saturated rings.